The van der Waals surface area contributed by atoms with Crippen molar-refractivity contribution in [2.24, 2.45) is 0 Å². The Kier molecular flexibility index (Phi) is 4.99. The highest BCUT2D eigenvalue weighted by Gasteiger charge is 2.24. The Bertz CT molecular complexity index is 1050. The minimum atomic E-state index is -0.493. The molecule has 0 radical (unpaired) electrons. The summed E-state index contributed by atoms with van der Waals surface area (Å²) in [6.45, 7) is 4.77. The minimum absolute atomic E-state index is 0.197. The highest BCUT2D eigenvalue weighted by molar-refractivity contribution is 7.98. The summed E-state index contributed by atoms with van der Waals surface area (Å²) < 4.78 is 21.8. The molecule has 0 bridgehead atoms. The van der Waals surface area contributed by atoms with Gasteiger partial charge < -0.3 is 24.4 Å². The van der Waals surface area contributed by atoms with Gasteiger partial charge >= 0.3 is 5.97 Å². The zero-order valence-corrected chi connectivity index (χ0v) is 16.3. The Morgan fingerprint density at radius 3 is 2.82 bits per heavy atom. The van der Waals surface area contributed by atoms with E-state index >= 15 is 0 Å². The van der Waals surface area contributed by atoms with Crippen LogP contribution in [0.1, 0.15) is 28.9 Å². The van der Waals surface area contributed by atoms with Gasteiger partial charge in [0.2, 0.25) is 5.71 Å². The Labute approximate surface area is 165 Å². The number of hydrogen-bond donors (Lipinski definition) is 1. The van der Waals surface area contributed by atoms with Crippen LogP contribution in [-0.2, 0) is 10.5 Å². The number of carbonyl (C=O) groups excluding carboxylic acids is 1. The lowest BCUT2D eigenvalue weighted by atomic mass is 10.2. The van der Waals surface area contributed by atoms with Crippen LogP contribution >= 0.6 is 11.8 Å². The first-order chi connectivity index (χ1) is 13.6. The average Bonchev–Trinajstić information content (AvgIpc) is 3.03. The Morgan fingerprint density at radius 2 is 2.04 bits per heavy atom. The number of esters is 1. The number of nitrogen functional groups attached to an aromatic ring is 1. The average molecular weight is 401 g/mol. The summed E-state index contributed by atoms with van der Waals surface area (Å²) in [7, 11) is 0. The summed E-state index contributed by atoms with van der Waals surface area (Å²) in [5.41, 5.74) is 6.66. The lowest BCUT2D eigenvalue weighted by molar-refractivity contribution is 0.0526. The molecule has 8 nitrogen and oxygen atoms in total. The molecule has 9 heteroatoms. The van der Waals surface area contributed by atoms with Crippen LogP contribution in [0.15, 0.2) is 27.5 Å². The van der Waals surface area contributed by atoms with E-state index in [0.29, 0.717) is 35.9 Å². The molecule has 0 amide bonds. The standard InChI is InChI=1S/C19H19N3O5S/c1-3-24-19(23)15-10(2)27-18-16(15)17(20)21-14(22-18)9-28-11-4-5-12-13(8-11)26-7-6-25-12/h4-5,8H,3,6-7,9H2,1-2H3,(H2,20,21,22). The molecule has 28 heavy (non-hydrogen) atoms. The molecule has 1 aliphatic rings. The first-order valence-electron chi connectivity index (χ1n) is 8.82. The zero-order chi connectivity index (χ0) is 19.7. The molecule has 2 aromatic heterocycles. The van der Waals surface area contributed by atoms with Gasteiger partial charge in [-0.05, 0) is 32.0 Å². The van der Waals surface area contributed by atoms with E-state index in [1.54, 1.807) is 13.8 Å². The SMILES string of the molecule is CCOC(=O)c1c(C)oc2nc(CSc3ccc4c(c3)OCCO4)nc(N)c12. The quantitative estimate of drug-likeness (QED) is 0.508. The second kappa shape index (κ2) is 7.59. The van der Waals surface area contributed by atoms with E-state index in [9.17, 15) is 4.79 Å². The number of fused-ring (bicyclic) bond motifs is 2. The number of hydrogen-bond acceptors (Lipinski definition) is 9. The van der Waals surface area contributed by atoms with E-state index in [1.807, 2.05) is 18.2 Å². The summed E-state index contributed by atoms with van der Waals surface area (Å²) in [6.07, 6.45) is 0. The molecule has 0 saturated carbocycles. The molecule has 0 spiro atoms. The van der Waals surface area contributed by atoms with Gasteiger partial charge in [-0.15, -0.1) is 11.8 Å². The molecule has 0 fully saturated rings. The predicted octanol–water partition coefficient (Wildman–Crippen LogP) is 3.35. The molecule has 4 rings (SSSR count). The number of carbonyl (C=O) groups is 1. The van der Waals surface area contributed by atoms with E-state index in [1.165, 1.54) is 11.8 Å². The number of ether oxygens (including phenoxy) is 3. The van der Waals surface area contributed by atoms with Crippen LogP contribution in [-0.4, -0.2) is 35.8 Å². The van der Waals surface area contributed by atoms with Crippen molar-refractivity contribution in [3.63, 3.8) is 0 Å². The van der Waals surface area contributed by atoms with Crippen molar-refractivity contribution in [2.75, 3.05) is 25.6 Å². The van der Waals surface area contributed by atoms with E-state index in [-0.39, 0.29) is 23.7 Å². The van der Waals surface area contributed by atoms with Gasteiger partial charge in [-0.2, -0.15) is 4.98 Å². The molecule has 3 aromatic rings. The second-order valence-corrected chi connectivity index (χ2v) is 7.10. The summed E-state index contributed by atoms with van der Waals surface area (Å²) in [5.74, 6) is 2.58. The molecule has 1 aliphatic heterocycles. The van der Waals surface area contributed by atoms with Crippen LogP contribution in [0.2, 0.25) is 0 Å². The van der Waals surface area contributed by atoms with Crippen LogP contribution in [0.25, 0.3) is 11.1 Å². The molecular formula is C19H19N3O5S. The summed E-state index contributed by atoms with van der Waals surface area (Å²) in [4.78, 5) is 21.9. The topological polar surface area (TPSA) is 110 Å². The fourth-order valence-electron chi connectivity index (χ4n) is 2.96. The highest BCUT2D eigenvalue weighted by Crippen LogP contribution is 2.35. The van der Waals surface area contributed by atoms with Crippen molar-refractivity contribution in [3.05, 3.63) is 35.3 Å². The zero-order valence-electron chi connectivity index (χ0n) is 15.5. The molecule has 0 unspecified atom stereocenters. The lowest BCUT2D eigenvalue weighted by Gasteiger charge is -2.18. The fraction of sp³-hybridized carbons (Fsp3) is 0.316. The number of thioether (sulfide) groups is 1. The number of furan rings is 1. The third kappa shape index (κ3) is 3.45. The van der Waals surface area contributed by atoms with Crippen molar-refractivity contribution in [1.82, 2.24) is 9.97 Å². The molecule has 3 heterocycles. The molecule has 2 N–H and O–H groups in total. The number of nitrogens with two attached hydrogens (primary N) is 1. The van der Waals surface area contributed by atoms with Gasteiger partial charge in [0.25, 0.3) is 0 Å². The number of aromatic nitrogens is 2. The first-order valence-corrected chi connectivity index (χ1v) is 9.80. The van der Waals surface area contributed by atoms with E-state index in [4.69, 9.17) is 24.4 Å². The maximum atomic E-state index is 12.2. The van der Waals surface area contributed by atoms with Crippen LogP contribution in [0.4, 0.5) is 5.82 Å². The second-order valence-electron chi connectivity index (χ2n) is 6.05. The number of benzene rings is 1. The molecular weight excluding hydrogens is 382 g/mol. The van der Waals surface area contributed by atoms with Crippen LogP contribution in [0, 0.1) is 6.92 Å². The van der Waals surface area contributed by atoms with Crippen molar-refractivity contribution < 1.29 is 23.4 Å². The van der Waals surface area contributed by atoms with Crippen LogP contribution < -0.4 is 15.2 Å². The van der Waals surface area contributed by atoms with Crippen LogP contribution in [0.3, 0.4) is 0 Å². The molecule has 146 valence electrons. The molecule has 0 aliphatic carbocycles. The largest absolute Gasteiger partial charge is 0.486 e. The minimum Gasteiger partial charge on any atom is -0.486 e. The Balaban J connectivity index is 1.57. The number of nitrogens with zero attached hydrogens (tertiary/aromatic N) is 2. The highest BCUT2D eigenvalue weighted by atomic mass is 32.2. The summed E-state index contributed by atoms with van der Waals surface area (Å²) in [5, 5.41) is 0.393. The van der Waals surface area contributed by atoms with Gasteiger partial charge in [0.15, 0.2) is 11.5 Å². The molecule has 0 saturated heterocycles. The summed E-state index contributed by atoms with van der Waals surface area (Å²) in [6, 6.07) is 5.77. The smallest absolute Gasteiger partial charge is 0.342 e. The van der Waals surface area contributed by atoms with E-state index in [2.05, 4.69) is 9.97 Å². The first kappa shape index (κ1) is 18.4. The van der Waals surface area contributed by atoms with Gasteiger partial charge in [-0.1, -0.05) is 0 Å². The van der Waals surface area contributed by atoms with Gasteiger partial charge in [0.1, 0.15) is 36.2 Å². The molecule has 1 aromatic carbocycles. The van der Waals surface area contributed by atoms with Crippen molar-refractivity contribution in [2.45, 2.75) is 24.5 Å². The maximum Gasteiger partial charge on any atom is 0.342 e. The Hall–Kier alpha value is -2.94. The van der Waals surface area contributed by atoms with Crippen molar-refractivity contribution in [3.8, 4) is 11.5 Å². The summed E-state index contributed by atoms with van der Waals surface area (Å²) >= 11 is 1.54. The maximum absolute atomic E-state index is 12.2. The monoisotopic (exact) mass is 401 g/mol. The predicted molar refractivity (Wildman–Crippen MR) is 104 cm³/mol. The van der Waals surface area contributed by atoms with Crippen LogP contribution in [0.5, 0.6) is 11.5 Å². The van der Waals surface area contributed by atoms with Crippen molar-refractivity contribution >= 4 is 34.6 Å². The number of aryl methyl sites for hydroxylation is 1. The number of anilines is 1. The number of rotatable bonds is 5. The third-order valence-corrected chi connectivity index (χ3v) is 5.15. The third-order valence-electron chi connectivity index (χ3n) is 4.16. The van der Waals surface area contributed by atoms with Gasteiger partial charge in [0, 0.05) is 4.90 Å². The fourth-order valence-corrected chi connectivity index (χ4v) is 3.74. The molecule has 0 atom stereocenters. The Morgan fingerprint density at radius 1 is 1.25 bits per heavy atom. The van der Waals surface area contributed by atoms with E-state index < -0.39 is 5.97 Å². The van der Waals surface area contributed by atoms with Gasteiger partial charge in [-0.3, -0.25) is 0 Å². The van der Waals surface area contributed by atoms with E-state index in [0.717, 1.165) is 16.4 Å². The normalized spacial score (nSPS) is 12.9. The lowest BCUT2D eigenvalue weighted by Crippen LogP contribution is -2.15. The van der Waals surface area contributed by atoms with Gasteiger partial charge in [0.05, 0.1) is 17.7 Å². The van der Waals surface area contributed by atoms with Gasteiger partial charge in [-0.25, -0.2) is 9.78 Å². The van der Waals surface area contributed by atoms with Crippen molar-refractivity contribution in [1.29, 1.82) is 0 Å².